The Labute approximate surface area is 110 Å². The monoisotopic (exact) mass is 292 g/mol. The number of benzene rings is 1. The number of hydrogen-bond donors (Lipinski definition) is 2. The fourth-order valence-corrected chi connectivity index (χ4v) is 3.64. The zero-order valence-electron chi connectivity index (χ0n) is 9.57. The van der Waals surface area contributed by atoms with Crippen LogP contribution in [0.2, 0.25) is 5.02 Å². The predicted octanol–water partition coefficient (Wildman–Crippen LogP) is 1.64. The fraction of sp³-hybridized carbons (Fsp3) is 0.455. The number of rotatable bonds is 3. The van der Waals surface area contributed by atoms with Gasteiger partial charge in [-0.2, -0.15) is 0 Å². The van der Waals surface area contributed by atoms with Gasteiger partial charge < -0.3 is 5.73 Å². The standard InChI is InChI=1S/C11H14ClFN2O2S/c12-8-6-7(4-5-9(8)13)18(16,17)15-11-3-1-2-10(11)14/h4-6,10-11,15H,1-3,14H2. The Morgan fingerprint density at radius 2 is 2.11 bits per heavy atom. The Bertz CT molecular complexity index is 550. The lowest BCUT2D eigenvalue weighted by atomic mass is 10.2. The van der Waals surface area contributed by atoms with Crippen LogP contribution in [0.4, 0.5) is 4.39 Å². The molecule has 18 heavy (non-hydrogen) atoms. The van der Waals surface area contributed by atoms with E-state index in [-0.39, 0.29) is 22.0 Å². The van der Waals surface area contributed by atoms with Gasteiger partial charge in [0.15, 0.2) is 0 Å². The lowest BCUT2D eigenvalue weighted by Gasteiger charge is -2.17. The first-order chi connectivity index (χ1) is 8.40. The normalized spacial score (nSPS) is 24.4. The van der Waals surface area contributed by atoms with Crippen molar-refractivity contribution >= 4 is 21.6 Å². The third kappa shape index (κ3) is 2.83. The van der Waals surface area contributed by atoms with Gasteiger partial charge in [-0.05, 0) is 31.0 Å². The molecule has 1 saturated carbocycles. The molecule has 2 unspecified atom stereocenters. The van der Waals surface area contributed by atoms with Crippen molar-refractivity contribution in [3.8, 4) is 0 Å². The van der Waals surface area contributed by atoms with Crippen molar-refractivity contribution in [3.63, 3.8) is 0 Å². The number of hydrogen-bond acceptors (Lipinski definition) is 3. The number of nitrogens with two attached hydrogens (primary N) is 1. The minimum absolute atomic E-state index is 0.0481. The zero-order valence-corrected chi connectivity index (χ0v) is 11.1. The Morgan fingerprint density at radius 3 is 2.67 bits per heavy atom. The fourth-order valence-electron chi connectivity index (χ4n) is 2.05. The molecule has 0 heterocycles. The van der Waals surface area contributed by atoms with Crippen molar-refractivity contribution < 1.29 is 12.8 Å². The molecule has 0 aliphatic heterocycles. The van der Waals surface area contributed by atoms with Crippen LogP contribution in [-0.2, 0) is 10.0 Å². The molecule has 1 aromatic rings. The molecule has 1 aromatic carbocycles. The second-order valence-electron chi connectivity index (χ2n) is 4.40. The maximum Gasteiger partial charge on any atom is 0.240 e. The van der Waals surface area contributed by atoms with E-state index in [1.54, 1.807) is 0 Å². The molecule has 2 rings (SSSR count). The highest BCUT2D eigenvalue weighted by Crippen LogP contribution is 2.22. The lowest BCUT2D eigenvalue weighted by Crippen LogP contribution is -2.43. The van der Waals surface area contributed by atoms with Crippen molar-refractivity contribution in [1.29, 1.82) is 0 Å². The maximum atomic E-state index is 13.0. The minimum Gasteiger partial charge on any atom is -0.326 e. The van der Waals surface area contributed by atoms with E-state index in [0.717, 1.165) is 31.4 Å². The summed E-state index contributed by atoms with van der Waals surface area (Å²) in [4.78, 5) is -0.0481. The van der Waals surface area contributed by atoms with Crippen molar-refractivity contribution in [3.05, 3.63) is 29.0 Å². The van der Waals surface area contributed by atoms with E-state index in [1.165, 1.54) is 6.07 Å². The first-order valence-electron chi connectivity index (χ1n) is 5.63. The van der Waals surface area contributed by atoms with E-state index in [2.05, 4.69) is 4.72 Å². The summed E-state index contributed by atoms with van der Waals surface area (Å²) >= 11 is 5.57. The summed E-state index contributed by atoms with van der Waals surface area (Å²) in [5.41, 5.74) is 5.81. The van der Waals surface area contributed by atoms with E-state index < -0.39 is 15.8 Å². The molecule has 7 heteroatoms. The van der Waals surface area contributed by atoms with Gasteiger partial charge in [-0.3, -0.25) is 0 Å². The average molecular weight is 293 g/mol. The van der Waals surface area contributed by atoms with E-state index in [0.29, 0.717) is 0 Å². The predicted molar refractivity (Wildman–Crippen MR) is 67.3 cm³/mol. The quantitative estimate of drug-likeness (QED) is 0.889. The van der Waals surface area contributed by atoms with E-state index in [9.17, 15) is 12.8 Å². The Kier molecular flexibility index (Phi) is 3.91. The molecule has 0 radical (unpaired) electrons. The second-order valence-corrected chi connectivity index (χ2v) is 6.52. The number of nitrogens with one attached hydrogen (secondary N) is 1. The largest absolute Gasteiger partial charge is 0.326 e. The van der Waals surface area contributed by atoms with Crippen LogP contribution >= 0.6 is 11.6 Å². The van der Waals surface area contributed by atoms with Gasteiger partial charge in [0.25, 0.3) is 0 Å². The molecule has 1 fully saturated rings. The van der Waals surface area contributed by atoms with Gasteiger partial charge in [0.05, 0.1) is 9.92 Å². The van der Waals surface area contributed by atoms with Crippen LogP contribution in [-0.4, -0.2) is 20.5 Å². The van der Waals surface area contributed by atoms with E-state index in [1.807, 2.05) is 0 Å². The molecule has 0 saturated heterocycles. The Balaban J connectivity index is 2.22. The van der Waals surface area contributed by atoms with Crippen LogP contribution in [0.3, 0.4) is 0 Å². The summed E-state index contributed by atoms with van der Waals surface area (Å²) in [6.07, 6.45) is 2.42. The summed E-state index contributed by atoms with van der Waals surface area (Å²) in [7, 11) is -3.70. The van der Waals surface area contributed by atoms with Gasteiger partial charge in [0, 0.05) is 12.1 Å². The van der Waals surface area contributed by atoms with Crippen LogP contribution in [0, 0.1) is 5.82 Å². The molecule has 2 atom stereocenters. The Morgan fingerprint density at radius 1 is 1.39 bits per heavy atom. The van der Waals surface area contributed by atoms with Gasteiger partial charge in [0.2, 0.25) is 10.0 Å². The molecule has 0 spiro atoms. The first kappa shape index (κ1) is 13.7. The van der Waals surface area contributed by atoms with Gasteiger partial charge >= 0.3 is 0 Å². The molecule has 4 nitrogen and oxygen atoms in total. The van der Waals surface area contributed by atoms with Crippen LogP contribution in [0.25, 0.3) is 0 Å². The van der Waals surface area contributed by atoms with Gasteiger partial charge in [-0.25, -0.2) is 17.5 Å². The SMILES string of the molecule is NC1CCCC1NS(=O)(=O)c1ccc(F)c(Cl)c1. The molecule has 3 N–H and O–H groups in total. The van der Waals surface area contributed by atoms with Crippen molar-refractivity contribution in [2.75, 3.05) is 0 Å². The summed E-state index contributed by atoms with van der Waals surface area (Å²) in [5.74, 6) is -0.645. The van der Waals surface area contributed by atoms with Gasteiger partial charge in [0.1, 0.15) is 5.82 Å². The first-order valence-corrected chi connectivity index (χ1v) is 7.49. The van der Waals surface area contributed by atoms with E-state index in [4.69, 9.17) is 17.3 Å². The summed E-state index contributed by atoms with van der Waals surface area (Å²) < 4.78 is 39.6. The highest BCUT2D eigenvalue weighted by atomic mass is 35.5. The van der Waals surface area contributed by atoms with Crippen molar-refractivity contribution in [2.45, 2.75) is 36.2 Å². The van der Waals surface area contributed by atoms with Gasteiger partial charge in [-0.1, -0.05) is 18.0 Å². The molecule has 0 bridgehead atoms. The molecular weight excluding hydrogens is 279 g/mol. The summed E-state index contributed by atoms with van der Waals surface area (Å²) in [6.45, 7) is 0. The number of sulfonamides is 1. The average Bonchev–Trinajstić information content (AvgIpc) is 2.67. The van der Waals surface area contributed by atoms with Crippen LogP contribution in [0.5, 0.6) is 0 Å². The molecule has 1 aliphatic carbocycles. The second kappa shape index (κ2) is 5.13. The molecular formula is C11H14ClFN2O2S. The van der Waals surface area contributed by atoms with Crippen molar-refractivity contribution in [2.24, 2.45) is 5.73 Å². The zero-order chi connectivity index (χ0) is 13.3. The minimum atomic E-state index is -3.70. The third-order valence-corrected chi connectivity index (χ3v) is 4.85. The molecule has 1 aliphatic rings. The third-order valence-electron chi connectivity index (χ3n) is 3.08. The topological polar surface area (TPSA) is 72.2 Å². The van der Waals surface area contributed by atoms with Gasteiger partial charge in [-0.15, -0.1) is 0 Å². The van der Waals surface area contributed by atoms with Crippen molar-refractivity contribution in [1.82, 2.24) is 4.72 Å². The maximum absolute atomic E-state index is 13.0. The highest BCUT2D eigenvalue weighted by Gasteiger charge is 2.29. The summed E-state index contributed by atoms with van der Waals surface area (Å²) in [5, 5.41) is -0.214. The van der Waals surface area contributed by atoms with Crippen LogP contribution in [0.15, 0.2) is 23.1 Å². The number of halogens is 2. The van der Waals surface area contributed by atoms with E-state index >= 15 is 0 Å². The van der Waals surface area contributed by atoms with Crippen LogP contribution < -0.4 is 10.5 Å². The lowest BCUT2D eigenvalue weighted by molar-refractivity contribution is 0.522. The molecule has 0 amide bonds. The molecule has 0 aromatic heterocycles. The Hall–Kier alpha value is -0.690. The summed E-state index contributed by atoms with van der Waals surface area (Å²) in [6, 6.07) is 2.88. The smallest absolute Gasteiger partial charge is 0.240 e. The molecule has 100 valence electrons. The van der Waals surface area contributed by atoms with Crippen LogP contribution in [0.1, 0.15) is 19.3 Å². The highest BCUT2D eigenvalue weighted by molar-refractivity contribution is 7.89.